The van der Waals surface area contributed by atoms with Gasteiger partial charge in [-0.3, -0.25) is 9.79 Å². The number of hydrogen-bond acceptors (Lipinski definition) is 6. The van der Waals surface area contributed by atoms with Crippen LogP contribution < -0.4 is 5.73 Å². The number of aliphatic imine (C=N–C) groups is 1. The number of amides is 1. The number of rotatable bonds is 7. The summed E-state index contributed by atoms with van der Waals surface area (Å²) >= 11 is 0. The monoisotopic (exact) mass is 507 g/mol. The van der Waals surface area contributed by atoms with Crippen LogP contribution in [-0.4, -0.2) is 46.9 Å². The molecule has 1 unspecified atom stereocenters. The van der Waals surface area contributed by atoms with E-state index in [2.05, 4.69) is 22.1 Å². The maximum atomic E-state index is 13.6. The predicted molar refractivity (Wildman–Crippen MR) is 150 cm³/mol. The Labute approximate surface area is 223 Å². The van der Waals surface area contributed by atoms with Crippen LogP contribution in [0, 0.1) is 0 Å². The van der Waals surface area contributed by atoms with E-state index in [-0.39, 0.29) is 11.9 Å². The van der Waals surface area contributed by atoms with E-state index in [1.54, 1.807) is 7.05 Å². The molecule has 1 aromatic heterocycles. The first-order valence-corrected chi connectivity index (χ1v) is 13.0. The number of carbonyl (C=O) groups excluding carboxylic acids is 1. The Morgan fingerprint density at radius 3 is 2.58 bits per heavy atom. The zero-order chi connectivity index (χ0) is 26.7. The van der Waals surface area contributed by atoms with Gasteiger partial charge in [-0.2, -0.15) is 0 Å². The van der Waals surface area contributed by atoms with Crippen molar-refractivity contribution < 1.29 is 9.21 Å². The Hall–Kier alpha value is -4.10. The van der Waals surface area contributed by atoms with Crippen molar-refractivity contribution >= 4 is 12.1 Å². The summed E-state index contributed by atoms with van der Waals surface area (Å²) in [5.41, 5.74) is 11.0. The summed E-state index contributed by atoms with van der Waals surface area (Å²) in [5.74, 6) is 0.685. The fraction of sp³-hybridized carbons (Fsp3) is 0.290. The molecule has 5 rings (SSSR count). The van der Waals surface area contributed by atoms with Crippen LogP contribution in [0.4, 0.5) is 0 Å². The Bertz CT molecular complexity index is 1460. The normalized spacial score (nSPS) is 17.2. The van der Waals surface area contributed by atoms with E-state index in [4.69, 9.17) is 10.2 Å². The highest BCUT2D eigenvalue weighted by Crippen LogP contribution is 2.32. The number of nitrogens with zero attached hydrogens (tertiary/aromatic N) is 4. The van der Waals surface area contributed by atoms with Crippen LogP contribution in [0.25, 0.3) is 22.6 Å². The number of benzene rings is 3. The molecule has 7 heteroatoms. The first kappa shape index (κ1) is 25.5. The fourth-order valence-corrected chi connectivity index (χ4v) is 5.11. The second-order valence-corrected chi connectivity index (χ2v) is 10.3. The van der Waals surface area contributed by atoms with Crippen molar-refractivity contribution in [3.8, 4) is 22.6 Å². The topological polar surface area (TPSA) is 97.6 Å². The average molecular weight is 508 g/mol. The van der Waals surface area contributed by atoms with Crippen LogP contribution in [0.15, 0.2) is 82.2 Å². The average Bonchev–Trinajstić information content (AvgIpc) is 3.59. The maximum Gasteiger partial charge on any atom is 0.254 e. The van der Waals surface area contributed by atoms with E-state index in [0.717, 1.165) is 41.6 Å². The van der Waals surface area contributed by atoms with E-state index in [1.165, 1.54) is 0 Å². The largest absolute Gasteiger partial charge is 0.419 e. The van der Waals surface area contributed by atoms with E-state index < -0.39 is 5.54 Å². The summed E-state index contributed by atoms with van der Waals surface area (Å²) in [6, 6.07) is 24.0. The standard InChI is InChI=1S/C31H33N5O2/c1-21-10-9-15-36(21)29(37)26-17-24(27-14-8-7-13-23(27)20-33-3)16-25(18-26)28-34-35-30(38-28)31(2,32)19-22-11-5-4-6-12-22/h4-8,11-14,16-18,20-21H,9-10,15,19,32H2,1-3H3/t21?,31-/m0/s1. The van der Waals surface area contributed by atoms with Crippen molar-refractivity contribution in [1.29, 1.82) is 0 Å². The number of nitrogens with two attached hydrogens (primary N) is 1. The summed E-state index contributed by atoms with van der Waals surface area (Å²) < 4.78 is 6.16. The molecule has 0 spiro atoms. The van der Waals surface area contributed by atoms with Crippen LogP contribution in [-0.2, 0) is 12.0 Å². The molecule has 38 heavy (non-hydrogen) atoms. The van der Waals surface area contributed by atoms with Crippen molar-refractivity contribution in [1.82, 2.24) is 15.1 Å². The molecule has 4 aromatic rings. The summed E-state index contributed by atoms with van der Waals surface area (Å²) in [7, 11) is 1.75. The van der Waals surface area contributed by atoms with Gasteiger partial charge < -0.3 is 15.1 Å². The quantitative estimate of drug-likeness (QED) is 0.334. The first-order valence-electron chi connectivity index (χ1n) is 13.0. The number of hydrogen-bond donors (Lipinski definition) is 1. The van der Waals surface area contributed by atoms with Crippen molar-refractivity contribution in [3.63, 3.8) is 0 Å². The van der Waals surface area contributed by atoms with Crippen LogP contribution in [0.2, 0.25) is 0 Å². The maximum absolute atomic E-state index is 13.6. The molecule has 0 aliphatic carbocycles. The molecule has 1 aliphatic rings. The molecule has 2 heterocycles. The molecule has 1 aliphatic heterocycles. The van der Waals surface area contributed by atoms with Crippen molar-refractivity contribution in [2.45, 2.75) is 44.7 Å². The lowest BCUT2D eigenvalue weighted by Gasteiger charge is -2.22. The minimum Gasteiger partial charge on any atom is -0.419 e. The van der Waals surface area contributed by atoms with Gasteiger partial charge in [0.2, 0.25) is 11.8 Å². The molecule has 1 amide bonds. The van der Waals surface area contributed by atoms with Crippen LogP contribution >= 0.6 is 0 Å². The second kappa shape index (κ2) is 10.7. The van der Waals surface area contributed by atoms with Gasteiger partial charge in [0.05, 0.1) is 5.54 Å². The minimum atomic E-state index is -0.849. The molecule has 3 aromatic carbocycles. The Morgan fingerprint density at radius 2 is 1.84 bits per heavy atom. The molecule has 0 radical (unpaired) electrons. The molecular weight excluding hydrogens is 474 g/mol. The van der Waals surface area contributed by atoms with Crippen LogP contribution in [0.5, 0.6) is 0 Å². The highest BCUT2D eigenvalue weighted by atomic mass is 16.4. The molecule has 2 atom stereocenters. The molecule has 0 saturated carbocycles. The number of carbonyl (C=O) groups is 1. The van der Waals surface area contributed by atoms with Gasteiger partial charge in [-0.1, -0.05) is 54.6 Å². The smallest absolute Gasteiger partial charge is 0.254 e. The van der Waals surface area contributed by atoms with Gasteiger partial charge in [-0.25, -0.2) is 0 Å². The Balaban J connectivity index is 1.57. The lowest BCUT2D eigenvalue weighted by atomic mass is 9.94. The Morgan fingerprint density at radius 1 is 1.11 bits per heavy atom. The number of likely N-dealkylation sites (tertiary alicyclic amines) is 1. The summed E-state index contributed by atoms with van der Waals surface area (Å²) in [4.78, 5) is 19.8. The van der Waals surface area contributed by atoms with Crippen molar-refractivity contribution in [2.75, 3.05) is 13.6 Å². The highest BCUT2D eigenvalue weighted by Gasteiger charge is 2.30. The van der Waals surface area contributed by atoms with Gasteiger partial charge in [0.1, 0.15) is 0 Å². The fourth-order valence-electron chi connectivity index (χ4n) is 5.11. The lowest BCUT2D eigenvalue weighted by molar-refractivity contribution is 0.0747. The third-order valence-electron chi connectivity index (χ3n) is 7.11. The SMILES string of the molecule is CN=Cc1ccccc1-c1cc(C(=O)N2CCCC2C)cc(-c2nnc([C@@](C)(N)Cc3ccccc3)o2)c1. The van der Waals surface area contributed by atoms with Gasteiger partial charge in [-0.05, 0) is 68.0 Å². The first-order chi connectivity index (χ1) is 18.4. The van der Waals surface area contributed by atoms with Crippen LogP contribution in [0.1, 0.15) is 54.1 Å². The summed E-state index contributed by atoms with van der Waals surface area (Å²) in [5, 5.41) is 8.67. The van der Waals surface area contributed by atoms with E-state index in [9.17, 15) is 4.79 Å². The molecule has 194 valence electrons. The zero-order valence-corrected chi connectivity index (χ0v) is 22.1. The highest BCUT2D eigenvalue weighted by molar-refractivity contribution is 5.98. The second-order valence-electron chi connectivity index (χ2n) is 10.3. The predicted octanol–water partition coefficient (Wildman–Crippen LogP) is 5.49. The molecule has 0 bridgehead atoms. The number of aromatic nitrogens is 2. The molecule has 2 N–H and O–H groups in total. The lowest BCUT2D eigenvalue weighted by Crippen LogP contribution is -2.35. The van der Waals surface area contributed by atoms with E-state index in [1.807, 2.05) is 90.8 Å². The van der Waals surface area contributed by atoms with Gasteiger partial charge in [-0.15, -0.1) is 10.2 Å². The van der Waals surface area contributed by atoms with Gasteiger partial charge in [0, 0.05) is 42.5 Å². The Kier molecular flexibility index (Phi) is 7.20. The van der Waals surface area contributed by atoms with E-state index in [0.29, 0.717) is 29.3 Å². The molecule has 7 nitrogen and oxygen atoms in total. The van der Waals surface area contributed by atoms with Gasteiger partial charge in [0.15, 0.2) is 0 Å². The molecular formula is C31H33N5O2. The van der Waals surface area contributed by atoms with Gasteiger partial charge in [0.25, 0.3) is 5.91 Å². The third-order valence-corrected chi connectivity index (χ3v) is 7.11. The van der Waals surface area contributed by atoms with Crippen molar-refractivity contribution in [2.24, 2.45) is 10.7 Å². The summed E-state index contributed by atoms with van der Waals surface area (Å²) in [6.07, 6.45) is 4.40. The minimum absolute atomic E-state index is 0.00668. The third kappa shape index (κ3) is 5.29. The molecule has 1 saturated heterocycles. The molecule has 1 fully saturated rings. The van der Waals surface area contributed by atoms with Crippen LogP contribution in [0.3, 0.4) is 0 Å². The zero-order valence-electron chi connectivity index (χ0n) is 22.1. The summed E-state index contributed by atoms with van der Waals surface area (Å²) in [6.45, 7) is 4.74. The van der Waals surface area contributed by atoms with E-state index >= 15 is 0 Å². The van der Waals surface area contributed by atoms with Gasteiger partial charge >= 0.3 is 0 Å². The van der Waals surface area contributed by atoms with Crippen molar-refractivity contribution in [3.05, 3.63) is 95.4 Å².